The molecule has 0 bridgehead atoms. The van der Waals surface area contributed by atoms with Crippen LogP contribution in [0.2, 0.25) is 0 Å². The van der Waals surface area contributed by atoms with Crippen molar-refractivity contribution in [2.75, 3.05) is 13.6 Å². The summed E-state index contributed by atoms with van der Waals surface area (Å²) >= 11 is 0. The molecule has 26 heavy (non-hydrogen) atoms. The van der Waals surface area contributed by atoms with Gasteiger partial charge in [-0.3, -0.25) is 4.79 Å². The maximum absolute atomic E-state index is 12.2. The number of imidazole rings is 1. The zero-order chi connectivity index (χ0) is 17.8. The molecule has 5 heteroatoms. The van der Waals surface area contributed by atoms with Crippen molar-refractivity contribution in [3.8, 4) is 22.5 Å². The standard InChI is InChI=1S/C21H20N4O/c1-25-10-9-16-17(11-25)24-21(23-16)15-8-4-7-14-18(15)12-5-2-3-6-13(12)19(14)20(22)26/h2-8,19H,9-11H2,1H3,(H2,22,26)(H,23,24). The van der Waals surface area contributed by atoms with Gasteiger partial charge in [0, 0.05) is 25.1 Å². The van der Waals surface area contributed by atoms with Gasteiger partial charge in [-0.1, -0.05) is 42.5 Å². The second-order valence-corrected chi connectivity index (χ2v) is 7.19. The highest BCUT2D eigenvalue weighted by Gasteiger charge is 2.34. The minimum absolute atomic E-state index is 0.311. The third-order valence-electron chi connectivity index (χ3n) is 5.51. The summed E-state index contributed by atoms with van der Waals surface area (Å²) in [5.74, 6) is 0.174. The van der Waals surface area contributed by atoms with E-state index in [2.05, 4.69) is 29.1 Å². The van der Waals surface area contributed by atoms with Gasteiger partial charge < -0.3 is 15.6 Å². The van der Waals surface area contributed by atoms with Crippen LogP contribution in [0.4, 0.5) is 0 Å². The van der Waals surface area contributed by atoms with Gasteiger partial charge in [-0.05, 0) is 29.3 Å². The van der Waals surface area contributed by atoms with Crippen LogP contribution in [-0.4, -0.2) is 34.4 Å². The number of likely N-dealkylation sites (N-methyl/N-ethyl adjacent to an activating group) is 1. The lowest BCUT2D eigenvalue weighted by atomic mass is 9.95. The van der Waals surface area contributed by atoms with Crippen molar-refractivity contribution >= 4 is 5.91 Å². The fraction of sp³-hybridized carbons (Fsp3) is 0.238. The first-order chi connectivity index (χ1) is 12.6. The average molecular weight is 344 g/mol. The summed E-state index contributed by atoms with van der Waals surface area (Å²) in [7, 11) is 2.12. The Morgan fingerprint density at radius 3 is 2.77 bits per heavy atom. The molecule has 3 N–H and O–H groups in total. The number of carbonyl (C=O) groups excluding carboxylic acids is 1. The van der Waals surface area contributed by atoms with Gasteiger partial charge in [0.25, 0.3) is 0 Å². The van der Waals surface area contributed by atoms with E-state index in [1.54, 1.807) is 0 Å². The van der Waals surface area contributed by atoms with Gasteiger partial charge in [-0.25, -0.2) is 4.98 Å². The van der Waals surface area contributed by atoms with Crippen LogP contribution in [0.3, 0.4) is 0 Å². The van der Waals surface area contributed by atoms with Gasteiger partial charge in [-0.2, -0.15) is 0 Å². The van der Waals surface area contributed by atoms with E-state index in [1.807, 2.05) is 30.3 Å². The summed E-state index contributed by atoms with van der Waals surface area (Å²) in [4.78, 5) is 22.8. The van der Waals surface area contributed by atoms with Crippen LogP contribution in [0, 0.1) is 0 Å². The van der Waals surface area contributed by atoms with E-state index >= 15 is 0 Å². The Kier molecular flexibility index (Phi) is 3.27. The second kappa shape index (κ2) is 5.54. The number of carbonyl (C=O) groups is 1. The van der Waals surface area contributed by atoms with Gasteiger partial charge in [0.2, 0.25) is 5.91 Å². The number of fused-ring (bicyclic) bond motifs is 4. The molecule has 5 nitrogen and oxygen atoms in total. The highest BCUT2D eigenvalue weighted by molar-refractivity contribution is 5.99. The number of nitrogens with one attached hydrogen (secondary N) is 1. The van der Waals surface area contributed by atoms with Crippen molar-refractivity contribution in [2.45, 2.75) is 18.9 Å². The number of hydrogen-bond acceptors (Lipinski definition) is 3. The van der Waals surface area contributed by atoms with Crippen LogP contribution >= 0.6 is 0 Å². The summed E-state index contributed by atoms with van der Waals surface area (Å²) in [5.41, 5.74) is 13.2. The van der Waals surface area contributed by atoms with E-state index in [1.165, 1.54) is 5.69 Å². The van der Waals surface area contributed by atoms with Crippen LogP contribution in [0.25, 0.3) is 22.5 Å². The molecule has 3 aromatic rings. The van der Waals surface area contributed by atoms with E-state index < -0.39 is 5.92 Å². The Hall–Kier alpha value is -2.92. The molecule has 0 spiro atoms. The summed E-state index contributed by atoms with van der Waals surface area (Å²) in [6.07, 6.45) is 0.956. The van der Waals surface area contributed by atoms with Crippen molar-refractivity contribution in [1.29, 1.82) is 0 Å². The quantitative estimate of drug-likeness (QED) is 0.750. The van der Waals surface area contributed by atoms with Gasteiger partial charge in [0.15, 0.2) is 0 Å². The maximum atomic E-state index is 12.2. The predicted molar refractivity (Wildman–Crippen MR) is 101 cm³/mol. The molecule has 1 amide bonds. The van der Waals surface area contributed by atoms with Crippen molar-refractivity contribution in [2.24, 2.45) is 5.73 Å². The molecular formula is C21H20N4O. The van der Waals surface area contributed by atoms with Crippen molar-refractivity contribution in [3.63, 3.8) is 0 Å². The normalized spacial score (nSPS) is 18.3. The zero-order valence-electron chi connectivity index (χ0n) is 14.6. The van der Waals surface area contributed by atoms with Gasteiger partial charge in [0.05, 0.1) is 17.3 Å². The van der Waals surface area contributed by atoms with Crippen LogP contribution < -0.4 is 5.73 Å². The highest BCUT2D eigenvalue weighted by atomic mass is 16.1. The topological polar surface area (TPSA) is 75.0 Å². The smallest absolute Gasteiger partial charge is 0.229 e. The minimum Gasteiger partial charge on any atom is -0.369 e. The number of nitrogens with zero attached hydrogens (tertiary/aromatic N) is 2. The molecule has 1 aliphatic carbocycles. The fourth-order valence-electron chi connectivity index (χ4n) is 4.32. The summed E-state index contributed by atoms with van der Waals surface area (Å²) in [6.45, 7) is 1.91. The molecule has 2 aromatic carbocycles. The SMILES string of the molecule is CN1CCc2nc(-c3cccc4c3-c3ccccc3C4C(N)=O)[nH]c2C1. The lowest BCUT2D eigenvalue weighted by molar-refractivity contribution is -0.118. The van der Waals surface area contributed by atoms with Crippen LogP contribution in [0.1, 0.15) is 28.4 Å². The first kappa shape index (κ1) is 15.3. The minimum atomic E-state index is -0.392. The fourth-order valence-corrected chi connectivity index (χ4v) is 4.32. The molecule has 1 atom stereocenters. The number of benzene rings is 2. The number of aromatic amines is 1. The third kappa shape index (κ3) is 2.14. The molecule has 0 radical (unpaired) electrons. The molecule has 5 rings (SSSR count). The third-order valence-corrected chi connectivity index (χ3v) is 5.51. The number of rotatable bonds is 2. The number of hydrogen-bond donors (Lipinski definition) is 2. The first-order valence-electron chi connectivity index (χ1n) is 8.91. The molecule has 1 unspecified atom stereocenters. The van der Waals surface area contributed by atoms with Gasteiger partial charge in [-0.15, -0.1) is 0 Å². The van der Waals surface area contributed by atoms with Crippen LogP contribution in [0.15, 0.2) is 42.5 Å². The van der Waals surface area contributed by atoms with Crippen LogP contribution in [0.5, 0.6) is 0 Å². The number of nitrogens with two attached hydrogens (primary N) is 1. The Bertz CT molecular complexity index is 1040. The summed E-state index contributed by atoms with van der Waals surface area (Å²) < 4.78 is 0. The number of amides is 1. The highest BCUT2D eigenvalue weighted by Crippen LogP contribution is 2.48. The Morgan fingerprint density at radius 1 is 1.15 bits per heavy atom. The Morgan fingerprint density at radius 2 is 1.92 bits per heavy atom. The summed E-state index contributed by atoms with van der Waals surface area (Å²) in [6, 6.07) is 14.1. The Balaban J connectivity index is 1.72. The van der Waals surface area contributed by atoms with Gasteiger partial charge in [0.1, 0.15) is 5.82 Å². The number of aromatic nitrogens is 2. The van der Waals surface area contributed by atoms with Gasteiger partial charge >= 0.3 is 0 Å². The maximum Gasteiger partial charge on any atom is 0.229 e. The monoisotopic (exact) mass is 344 g/mol. The number of primary amides is 1. The molecule has 2 heterocycles. The molecule has 130 valence electrons. The molecule has 1 aromatic heterocycles. The Labute approximate surface area is 151 Å². The van der Waals surface area contributed by atoms with Crippen molar-refractivity contribution in [1.82, 2.24) is 14.9 Å². The largest absolute Gasteiger partial charge is 0.369 e. The van der Waals surface area contributed by atoms with Crippen molar-refractivity contribution in [3.05, 3.63) is 65.0 Å². The van der Waals surface area contributed by atoms with Crippen molar-refractivity contribution < 1.29 is 4.79 Å². The first-order valence-corrected chi connectivity index (χ1v) is 8.91. The van der Waals surface area contributed by atoms with Crippen LogP contribution in [-0.2, 0) is 17.8 Å². The average Bonchev–Trinajstić information content (AvgIpc) is 3.19. The van der Waals surface area contributed by atoms with E-state index in [0.29, 0.717) is 0 Å². The van der Waals surface area contributed by atoms with E-state index in [4.69, 9.17) is 10.7 Å². The lowest BCUT2D eigenvalue weighted by Crippen LogP contribution is -2.26. The predicted octanol–water partition coefficient (Wildman–Crippen LogP) is 2.66. The van der Waals surface area contributed by atoms with E-state index in [0.717, 1.165) is 58.8 Å². The number of H-pyrrole nitrogens is 1. The molecule has 1 aliphatic heterocycles. The molecule has 2 aliphatic rings. The molecular weight excluding hydrogens is 324 g/mol. The zero-order valence-corrected chi connectivity index (χ0v) is 14.6. The lowest BCUT2D eigenvalue weighted by Gasteiger charge is -2.20. The molecule has 0 saturated carbocycles. The van der Waals surface area contributed by atoms with E-state index in [9.17, 15) is 4.79 Å². The second-order valence-electron chi connectivity index (χ2n) is 7.19. The molecule has 0 saturated heterocycles. The van der Waals surface area contributed by atoms with E-state index in [-0.39, 0.29) is 5.91 Å². The molecule has 0 fully saturated rings. The summed E-state index contributed by atoms with van der Waals surface area (Å²) in [5, 5.41) is 0.